The molecule has 2 rings (SSSR count). The molecule has 1 aliphatic heterocycles. The second-order valence-corrected chi connectivity index (χ2v) is 5.33. The number of benzene rings is 1. The standard InChI is InChI=1S/C13H14BrFN2O2/c14-9-6-8(3-4-10(9)15)7-12(18)17-11-2-1-5-16-13(11)19/h3-4,6,11H,1-2,5,7H2,(H,16,19)(H,17,18)/t11-/m0/s1. The lowest BCUT2D eigenvalue weighted by atomic mass is 10.1. The Labute approximate surface area is 118 Å². The maximum atomic E-state index is 13.1. The van der Waals surface area contributed by atoms with Crippen molar-refractivity contribution >= 4 is 27.7 Å². The van der Waals surface area contributed by atoms with E-state index in [1.54, 1.807) is 12.1 Å². The molecule has 2 amide bonds. The Morgan fingerprint density at radius 3 is 3.00 bits per heavy atom. The lowest BCUT2D eigenvalue weighted by Crippen LogP contribution is -2.50. The first-order chi connectivity index (χ1) is 9.06. The number of carbonyl (C=O) groups excluding carboxylic acids is 2. The quantitative estimate of drug-likeness (QED) is 0.884. The zero-order chi connectivity index (χ0) is 13.8. The van der Waals surface area contributed by atoms with E-state index in [2.05, 4.69) is 26.6 Å². The van der Waals surface area contributed by atoms with Crippen LogP contribution in [0.25, 0.3) is 0 Å². The Balaban J connectivity index is 1.93. The summed E-state index contributed by atoms with van der Waals surface area (Å²) in [6, 6.07) is 3.97. The molecular formula is C13H14BrFN2O2. The molecule has 2 N–H and O–H groups in total. The molecule has 0 spiro atoms. The first-order valence-electron chi connectivity index (χ1n) is 6.07. The predicted molar refractivity (Wildman–Crippen MR) is 72.0 cm³/mol. The van der Waals surface area contributed by atoms with Crippen molar-refractivity contribution in [2.45, 2.75) is 25.3 Å². The number of halogens is 2. The monoisotopic (exact) mass is 328 g/mol. The van der Waals surface area contributed by atoms with E-state index in [4.69, 9.17) is 0 Å². The Bertz CT molecular complexity index is 507. The van der Waals surface area contributed by atoms with Gasteiger partial charge in [0.15, 0.2) is 0 Å². The van der Waals surface area contributed by atoms with Crippen LogP contribution in [0.2, 0.25) is 0 Å². The lowest BCUT2D eigenvalue weighted by molar-refractivity contribution is -0.129. The number of hydrogen-bond donors (Lipinski definition) is 2. The minimum atomic E-state index is -0.454. The predicted octanol–water partition coefficient (Wildman–Crippen LogP) is 1.53. The van der Waals surface area contributed by atoms with Crippen LogP contribution >= 0.6 is 15.9 Å². The molecule has 0 aliphatic carbocycles. The van der Waals surface area contributed by atoms with Gasteiger partial charge in [-0.25, -0.2) is 4.39 Å². The Hall–Kier alpha value is -1.43. The van der Waals surface area contributed by atoms with Gasteiger partial charge in [-0.05, 0) is 46.5 Å². The highest BCUT2D eigenvalue weighted by atomic mass is 79.9. The van der Waals surface area contributed by atoms with Crippen LogP contribution in [-0.4, -0.2) is 24.4 Å². The summed E-state index contributed by atoms with van der Waals surface area (Å²) in [6.45, 7) is 0.663. The molecule has 1 saturated heterocycles. The van der Waals surface area contributed by atoms with Gasteiger partial charge >= 0.3 is 0 Å². The molecule has 1 atom stereocenters. The maximum absolute atomic E-state index is 13.1. The highest BCUT2D eigenvalue weighted by molar-refractivity contribution is 9.10. The first-order valence-corrected chi connectivity index (χ1v) is 6.86. The Kier molecular flexibility index (Phi) is 4.52. The molecule has 0 radical (unpaired) electrons. The highest BCUT2D eigenvalue weighted by Gasteiger charge is 2.23. The van der Waals surface area contributed by atoms with Crippen LogP contribution in [0.1, 0.15) is 18.4 Å². The van der Waals surface area contributed by atoms with Crippen molar-refractivity contribution in [2.75, 3.05) is 6.54 Å². The van der Waals surface area contributed by atoms with Crippen molar-refractivity contribution < 1.29 is 14.0 Å². The SMILES string of the molecule is O=C(Cc1ccc(F)c(Br)c1)N[C@H]1CCCNC1=O. The molecule has 1 aliphatic rings. The molecule has 0 aromatic heterocycles. The van der Waals surface area contributed by atoms with E-state index in [-0.39, 0.29) is 24.1 Å². The molecule has 19 heavy (non-hydrogen) atoms. The number of piperidine rings is 1. The normalized spacial score (nSPS) is 18.8. The fraction of sp³-hybridized carbons (Fsp3) is 0.385. The fourth-order valence-electron chi connectivity index (χ4n) is 1.99. The van der Waals surface area contributed by atoms with Gasteiger partial charge in [-0.2, -0.15) is 0 Å². The molecule has 1 heterocycles. The second-order valence-electron chi connectivity index (χ2n) is 4.48. The van der Waals surface area contributed by atoms with E-state index < -0.39 is 6.04 Å². The molecule has 0 bridgehead atoms. The summed E-state index contributed by atoms with van der Waals surface area (Å²) in [5.41, 5.74) is 0.696. The van der Waals surface area contributed by atoms with Crippen LogP contribution in [-0.2, 0) is 16.0 Å². The second kappa shape index (κ2) is 6.14. The summed E-state index contributed by atoms with van der Waals surface area (Å²) >= 11 is 3.07. The summed E-state index contributed by atoms with van der Waals surface area (Å²) in [5, 5.41) is 5.40. The van der Waals surface area contributed by atoms with E-state index >= 15 is 0 Å². The molecule has 1 aromatic carbocycles. The summed E-state index contributed by atoms with van der Waals surface area (Å²) in [5.74, 6) is -0.740. The summed E-state index contributed by atoms with van der Waals surface area (Å²) in [7, 11) is 0. The van der Waals surface area contributed by atoms with Gasteiger partial charge in [0, 0.05) is 6.54 Å². The molecule has 1 aromatic rings. The fourth-order valence-corrected chi connectivity index (χ4v) is 2.42. The highest BCUT2D eigenvalue weighted by Crippen LogP contribution is 2.17. The third-order valence-corrected chi connectivity index (χ3v) is 3.58. The van der Waals surface area contributed by atoms with Gasteiger partial charge in [-0.3, -0.25) is 9.59 Å². The molecule has 1 fully saturated rings. The number of hydrogen-bond acceptors (Lipinski definition) is 2. The number of carbonyl (C=O) groups is 2. The summed E-state index contributed by atoms with van der Waals surface area (Å²) in [6.07, 6.45) is 1.64. The van der Waals surface area contributed by atoms with Crippen LogP contribution in [0.15, 0.2) is 22.7 Å². The Morgan fingerprint density at radius 2 is 2.32 bits per heavy atom. The van der Waals surface area contributed by atoms with Crippen LogP contribution in [0.3, 0.4) is 0 Å². The zero-order valence-corrected chi connectivity index (χ0v) is 11.8. The van der Waals surface area contributed by atoms with Crippen molar-refractivity contribution in [2.24, 2.45) is 0 Å². The van der Waals surface area contributed by atoms with Gasteiger partial charge in [0.1, 0.15) is 11.9 Å². The maximum Gasteiger partial charge on any atom is 0.242 e. The molecular weight excluding hydrogens is 315 g/mol. The lowest BCUT2D eigenvalue weighted by Gasteiger charge is -2.22. The van der Waals surface area contributed by atoms with E-state index in [1.165, 1.54) is 6.07 Å². The van der Waals surface area contributed by atoms with E-state index in [0.717, 1.165) is 6.42 Å². The topological polar surface area (TPSA) is 58.2 Å². The smallest absolute Gasteiger partial charge is 0.242 e. The van der Waals surface area contributed by atoms with Crippen LogP contribution in [0.5, 0.6) is 0 Å². The van der Waals surface area contributed by atoms with Crippen LogP contribution in [0.4, 0.5) is 4.39 Å². The first kappa shape index (κ1) is 14.0. The minimum Gasteiger partial charge on any atom is -0.354 e. The van der Waals surface area contributed by atoms with Gasteiger partial charge in [-0.1, -0.05) is 6.07 Å². The molecule has 4 nitrogen and oxygen atoms in total. The van der Waals surface area contributed by atoms with Gasteiger partial charge in [0.05, 0.1) is 10.9 Å². The largest absolute Gasteiger partial charge is 0.354 e. The van der Waals surface area contributed by atoms with Crippen molar-refractivity contribution in [3.05, 3.63) is 34.1 Å². The molecule has 0 unspecified atom stereocenters. The van der Waals surface area contributed by atoms with Crippen molar-refractivity contribution in [1.29, 1.82) is 0 Å². The summed E-state index contributed by atoms with van der Waals surface area (Å²) in [4.78, 5) is 23.3. The van der Waals surface area contributed by atoms with Crippen LogP contribution < -0.4 is 10.6 Å². The van der Waals surface area contributed by atoms with Crippen LogP contribution in [0, 0.1) is 5.82 Å². The van der Waals surface area contributed by atoms with Gasteiger partial charge in [-0.15, -0.1) is 0 Å². The van der Waals surface area contributed by atoms with Crippen molar-refractivity contribution in [1.82, 2.24) is 10.6 Å². The van der Waals surface area contributed by atoms with E-state index in [9.17, 15) is 14.0 Å². The van der Waals surface area contributed by atoms with Gasteiger partial charge < -0.3 is 10.6 Å². The van der Waals surface area contributed by atoms with E-state index in [1.807, 2.05) is 0 Å². The van der Waals surface area contributed by atoms with Crippen molar-refractivity contribution in [3.8, 4) is 0 Å². The third-order valence-electron chi connectivity index (χ3n) is 2.97. The Morgan fingerprint density at radius 1 is 1.53 bits per heavy atom. The average molecular weight is 329 g/mol. The molecule has 0 saturated carbocycles. The number of nitrogens with one attached hydrogen (secondary N) is 2. The van der Waals surface area contributed by atoms with E-state index in [0.29, 0.717) is 23.0 Å². The average Bonchev–Trinajstić information content (AvgIpc) is 2.37. The molecule has 102 valence electrons. The minimum absolute atomic E-state index is 0.128. The van der Waals surface area contributed by atoms with Crippen molar-refractivity contribution in [3.63, 3.8) is 0 Å². The summed E-state index contributed by atoms with van der Waals surface area (Å²) < 4.78 is 13.4. The molecule has 6 heteroatoms. The van der Waals surface area contributed by atoms with Gasteiger partial charge in [0.2, 0.25) is 11.8 Å². The number of amides is 2. The zero-order valence-electron chi connectivity index (χ0n) is 10.2. The third kappa shape index (κ3) is 3.76. The number of rotatable bonds is 3. The van der Waals surface area contributed by atoms with Gasteiger partial charge in [0.25, 0.3) is 0 Å².